The van der Waals surface area contributed by atoms with Gasteiger partial charge in [-0.2, -0.15) is 0 Å². The highest BCUT2D eigenvalue weighted by molar-refractivity contribution is 7.13. The van der Waals surface area contributed by atoms with Crippen LogP contribution in [0.1, 0.15) is 41.9 Å². The van der Waals surface area contributed by atoms with Gasteiger partial charge in [0.25, 0.3) is 5.91 Å². The van der Waals surface area contributed by atoms with Crippen LogP contribution in [0.15, 0.2) is 6.20 Å². The Morgan fingerprint density at radius 3 is 2.79 bits per heavy atom. The van der Waals surface area contributed by atoms with Crippen LogP contribution in [0.25, 0.3) is 0 Å². The summed E-state index contributed by atoms with van der Waals surface area (Å²) >= 11 is 1.49. The molecule has 1 aromatic heterocycles. The molecule has 1 saturated heterocycles. The summed E-state index contributed by atoms with van der Waals surface area (Å²) in [5, 5.41) is 0.955. The highest BCUT2D eigenvalue weighted by Crippen LogP contribution is 2.20. The number of thiazole rings is 1. The van der Waals surface area contributed by atoms with E-state index in [1.54, 1.807) is 6.20 Å². The SMILES string of the molecule is CC[C@H]1CN(C(=O)c2cnc(C)s2)CCN1C(C)C. The summed E-state index contributed by atoms with van der Waals surface area (Å²) in [6.07, 6.45) is 2.79. The second kappa shape index (κ2) is 6.01. The molecule has 0 aliphatic carbocycles. The Hall–Kier alpha value is -0.940. The number of carbonyl (C=O) groups excluding carboxylic acids is 1. The molecule has 1 aliphatic rings. The average molecular weight is 281 g/mol. The number of hydrogen-bond acceptors (Lipinski definition) is 4. The van der Waals surface area contributed by atoms with Crippen molar-refractivity contribution in [1.29, 1.82) is 0 Å². The Morgan fingerprint density at radius 1 is 1.53 bits per heavy atom. The van der Waals surface area contributed by atoms with Gasteiger partial charge in [0.2, 0.25) is 0 Å². The van der Waals surface area contributed by atoms with Gasteiger partial charge in [-0.05, 0) is 27.2 Å². The molecule has 5 heteroatoms. The lowest BCUT2D eigenvalue weighted by molar-refractivity contribution is 0.0375. The molecule has 0 aromatic carbocycles. The first-order valence-electron chi connectivity index (χ1n) is 7.00. The molecule has 0 spiro atoms. The van der Waals surface area contributed by atoms with Crippen molar-refractivity contribution in [3.05, 3.63) is 16.1 Å². The van der Waals surface area contributed by atoms with Crippen molar-refractivity contribution in [3.8, 4) is 0 Å². The summed E-state index contributed by atoms with van der Waals surface area (Å²) in [6.45, 7) is 11.2. The van der Waals surface area contributed by atoms with Crippen molar-refractivity contribution in [3.63, 3.8) is 0 Å². The minimum Gasteiger partial charge on any atom is -0.335 e. The van der Waals surface area contributed by atoms with E-state index in [4.69, 9.17) is 0 Å². The standard InChI is InChI=1S/C14H23N3OS/c1-5-12-9-16(6-7-17(12)10(2)3)14(18)13-8-15-11(4)19-13/h8,10,12H,5-7,9H2,1-4H3/t12-/m0/s1. The fourth-order valence-corrected chi connectivity index (χ4v) is 3.46. The Labute approximate surface area is 119 Å². The number of aromatic nitrogens is 1. The Balaban J connectivity index is 2.05. The van der Waals surface area contributed by atoms with Crippen LogP contribution < -0.4 is 0 Å². The lowest BCUT2D eigenvalue weighted by Gasteiger charge is -2.43. The first-order chi connectivity index (χ1) is 9.02. The molecule has 1 aromatic rings. The minimum absolute atomic E-state index is 0.146. The van der Waals surface area contributed by atoms with Crippen molar-refractivity contribution in [2.45, 2.75) is 46.2 Å². The Bertz CT molecular complexity index is 444. The van der Waals surface area contributed by atoms with E-state index in [-0.39, 0.29) is 5.91 Å². The molecular weight excluding hydrogens is 258 g/mol. The van der Waals surface area contributed by atoms with Gasteiger partial charge in [0.1, 0.15) is 4.88 Å². The maximum absolute atomic E-state index is 12.4. The zero-order valence-corrected chi connectivity index (χ0v) is 13.0. The first kappa shape index (κ1) is 14.5. The second-order valence-electron chi connectivity index (χ2n) is 5.39. The second-order valence-corrected chi connectivity index (χ2v) is 6.62. The van der Waals surface area contributed by atoms with Crippen LogP contribution in [0.4, 0.5) is 0 Å². The maximum atomic E-state index is 12.4. The van der Waals surface area contributed by atoms with E-state index in [0.717, 1.165) is 35.9 Å². The van der Waals surface area contributed by atoms with Crippen LogP contribution in [0, 0.1) is 6.92 Å². The molecule has 19 heavy (non-hydrogen) atoms. The van der Waals surface area contributed by atoms with Gasteiger partial charge in [0.15, 0.2) is 0 Å². The number of aryl methyl sites for hydroxylation is 1. The summed E-state index contributed by atoms with van der Waals surface area (Å²) in [7, 11) is 0. The van der Waals surface area contributed by atoms with Crippen molar-refractivity contribution < 1.29 is 4.79 Å². The number of rotatable bonds is 3. The molecule has 1 amide bonds. The maximum Gasteiger partial charge on any atom is 0.265 e. The predicted octanol–water partition coefficient (Wildman–Crippen LogP) is 2.40. The molecule has 1 fully saturated rings. The fraction of sp³-hybridized carbons (Fsp3) is 0.714. The topological polar surface area (TPSA) is 36.4 Å². The molecule has 0 unspecified atom stereocenters. The van der Waals surface area contributed by atoms with Crippen LogP contribution >= 0.6 is 11.3 Å². The zero-order chi connectivity index (χ0) is 14.0. The highest BCUT2D eigenvalue weighted by atomic mass is 32.1. The monoisotopic (exact) mass is 281 g/mol. The van der Waals surface area contributed by atoms with E-state index in [9.17, 15) is 4.79 Å². The third-order valence-electron chi connectivity index (χ3n) is 3.78. The van der Waals surface area contributed by atoms with Crippen molar-refractivity contribution in [2.24, 2.45) is 0 Å². The number of piperazine rings is 1. The Kier molecular flexibility index (Phi) is 4.58. The van der Waals surface area contributed by atoms with E-state index in [1.165, 1.54) is 11.3 Å². The molecule has 0 bridgehead atoms. The molecule has 4 nitrogen and oxygen atoms in total. The molecule has 0 saturated carbocycles. The number of amides is 1. The van der Waals surface area contributed by atoms with Gasteiger partial charge in [-0.15, -0.1) is 11.3 Å². The fourth-order valence-electron chi connectivity index (χ4n) is 2.71. The van der Waals surface area contributed by atoms with Gasteiger partial charge in [-0.1, -0.05) is 6.92 Å². The van der Waals surface area contributed by atoms with E-state index in [2.05, 4.69) is 30.7 Å². The summed E-state index contributed by atoms with van der Waals surface area (Å²) in [6, 6.07) is 1.03. The highest BCUT2D eigenvalue weighted by Gasteiger charge is 2.30. The molecule has 0 radical (unpaired) electrons. The van der Waals surface area contributed by atoms with Gasteiger partial charge in [0.05, 0.1) is 11.2 Å². The van der Waals surface area contributed by atoms with Gasteiger partial charge in [-0.3, -0.25) is 9.69 Å². The predicted molar refractivity (Wildman–Crippen MR) is 78.7 cm³/mol. The largest absolute Gasteiger partial charge is 0.335 e. The zero-order valence-electron chi connectivity index (χ0n) is 12.2. The van der Waals surface area contributed by atoms with Crippen LogP contribution in [0.2, 0.25) is 0 Å². The van der Waals surface area contributed by atoms with Crippen LogP contribution in [0.5, 0.6) is 0 Å². The molecule has 106 valence electrons. The van der Waals surface area contributed by atoms with Gasteiger partial charge >= 0.3 is 0 Å². The smallest absolute Gasteiger partial charge is 0.265 e. The third kappa shape index (κ3) is 3.15. The lowest BCUT2D eigenvalue weighted by atomic mass is 10.1. The Morgan fingerprint density at radius 2 is 2.26 bits per heavy atom. The van der Waals surface area contributed by atoms with Crippen LogP contribution in [0.3, 0.4) is 0 Å². The summed E-state index contributed by atoms with van der Waals surface area (Å²) in [5.74, 6) is 0.146. The molecule has 2 rings (SSSR count). The van der Waals surface area contributed by atoms with Crippen molar-refractivity contribution >= 4 is 17.2 Å². The van der Waals surface area contributed by atoms with Crippen molar-refractivity contribution in [2.75, 3.05) is 19.6 Å². The third-order valence-corrected chi connectivity index (χ3v) is 4.68. The number of carbonyl (C=O) groups is 1. The van der Waals surface area contributed by atoms with Gasteiger partial charge in [-0.25, -0.2) is 4.98 Å². The lowest BCUT2D eigenvalue weighted by Crippen LogP contribution is -2.56. The van der Waals surface area contributed by atoms with Crippen molar-refractivity contribution in [1.82, 2.24) is 14.8 Å². The summed E-state index contributed by atoms with van der Waals surface area (Å²) < 4.78 is 0. The molecule has 2 heterocycles. The van der Waals surface area contributed by atoms with Gasteiger partial charge < -0.3 is 4.90 Å². The quantitative estimate of drug-likeness (QED) is 0.853. The van der Waals surface area contributed by atoms with Crippen LogP contribution in [-0.4, -0.2) is 52.4 Å². The molecule has 1 aliphatic heterocycles. The average Bonchev–Trinajstić information content (AvgIpc) is 2.83. The number of hydrogen-bond donors (Lipinski definition) is 0. The summed E-state index contributed by atoms with van der Waals surface area (Å²) in [4.78, 5) is 21.9. The summed E-state index contributed by atoms with van der Waals surface area (Å²) in [5.41, 5.74) is 0. The molecular formula is C14H23N3OS. The normalized spacial score (nSPS) is 21.1. The van der Waals surface area contributed by atoms with E-state index < -0.39 is 0 Å². The number of nitrogens with zero attached hydrogens (tertiary/aromatic N) is 3. The van der Waals surface area contributed by atoms with Gasteiger partial charge in [0, 0.05) is 31.7 Å². The minimum atomic E-state index is 0.146. The van der Waals surface area contributed by atoms with E-state index in [1.807, 2.05) is 11.8 Å². The molecule has 1 atom stereocenters. The molecule has 0 N–H and O–H groups in total. The van der Waals surface area contributed by atoms with E-state index >= 15 is 0 Å². The first-order valence-corrected chi connectivity index (χ1v) is 7.82. The van der Waals surface area contributed by atoms with Crippen LogP contribution in [-0.2, 0) is 0 Å². The van der Waals surface area contributed by atoms with E-state index in [0.29, 0.717) is 12.1 Å².